The highest BCUT2D eigenvalue weighted by Gasteiger charge is 2.15. The molecule has 0 radical (unpaired) electrons. The Hall–Kier alpha value is -4.19. The molecule has 0 saturated heterocycles. The maximum atomic E-state index is 10.8. The summed E-state index contributed by atoms with van der Waals surface area (Å²) in [5.74, 6) is -0.407. The number of aromatic amines is 1. The van der Waals surface area contributed by atoms with Crippen molar-refractivity contribution in [2.24, 2.45) is 0 Å². The predicted molar refractivity (Wildman–Crippen MR) is 126 cm³/mol. The first-order valence-electron chi connectivity index (χ1n) is 10.3. The van der Waals surface area contributed by atoms with Crippen molar-refractivity contribution in [2.75, 3.05) is 7.11 Å². The van der Waals surface area contributed by atoms with Crippen LogP contribution in [0.2, 0.25) is 0 Å². The summed E-state index contributed by atoms with van der Waals surface area (Å²) in [6.45, 7) is 2.13. The predicted octanol–water partition coefficient (Wildman–Crippen LogP) is 5.43. The minimum atomic E-state index is -0.969. The number of fused-ring (bicyclic) bond motifs is 1. The molecule has 0 aliphatic carbocycles. The lowest BCUT2D eigenvalue weighted by atomic mass is 9.88. The van der Waals surface area contributed by atoms with E-state index in [0.29, 0.717) is 5.88 Å². The summed E-state index contributed by atoms with van der Waals surface area (Å²) in [6, 6.07) is 18.1. The molecular weight excluding hydrogens is 402 g/mol. The Labute approximate surface area is 185 Å². The van der Waals surface area contributed by atoms with Gasteiger partial charge >= 0.3 is 5.97 Å². The number of H-pyrrole nitrogens is 1. The van der Waals surface area contributed by atoms with Crippen LogP contribution in [-0.4, -0.2) is 33.4 Å². The highest BCUT2D eigenvalue weighted by atomic mass is 16.5. The summed E-state index contributed by atoms with van der Waals surface area (Å²) in [5.41, 5.74) is 7.19. The minimum absolute atomic E-state index is 0.562. The molecule has 0 atom stereocenters. The van der Waals surface area contributed by atoms with Gasteiger partial charge in [-0.25, -0.2) is 9.78 Å². The van der Waals surface area contributed by atoms with E-state index in [9.17, 15) is 4.79 Å². The number of nitrogens with zero attached hydrogens (tertiary/aromatic N) is 2. The third-order valence-corrected chi connectivity index (χ3v) is 5.29. The molecule has 4 aromatic rings. The third-order valence-electron chi connectivity index (χ3n) is 5.29. The fraction of sp³-hybridized carbons (Fsp3) is 0.115. The van der Waals surface area contributed by atoms with Gasteiger partial charge < -0.3 is 9.84 Å². The van der Waals surface area contributed by atoms with Crippen LogP contribution in [0.3, 0.4) is 0 Å². The number of carbonyl (C=O) groups is 1. The van der Waals surface area contributed by atoms with Gasteiger partial charge in [0.2, 0.25) is 5.88 Å². The third kappa shape index (κ3) is 4.44. The fourth-order valence-electron chi connectivity index (χ4n) is 3.78. The molecule has 0 saturated carbocycles. The van der Waals surface area contributed by atoms with Gasteiger partial charge in [0.1, 0.15) is 0 Å². The van der Waals surface area contributed by atoms with Gasteiger partial charge in [-0.1, -0.05) is 37.3 Å². The molecule has 2 aromatic carbocycles. The van der Waals surface area contributed by atoms with Crippen LogP contribution in [0.25, 0.3) is 28.1 Å². The number of aliphatic carboxylic acids is 1. The normalized spacial score (nSPS) is 12.2. The molecule has 0 aliphatic rings. The zero-order chi connectivity index (χ0) is 22.5. The van der Waals surface area contributed by atoms with E-state index in [-0.39, 0.29) is 0 Å². The fourth-order valence-corrected chi connectivity index (χ4v) is 3.78. The lowest BCUT2D eigenvalue weighted by Gasteiger charge is -2.17. The van der Waals surface area contributed by atoms with E-state index in [1.54, 1.807) is 19.4 Å². The number of nitrogens with one attached hydrogen (secondary N) is 1. The SMILES string of the molecule is CCC(=C(c1ccc(C=CC(=O)O)cc1)c1ccc2[nH]ncc2c1)c1ccnc(OC)c1. The summed E-state index contributed by atoms with van der Waals surface area (Å²) in [7, 11) is 1.61. The smallest absolute Gasteiger partial charge is 0.328 e. The van der Waals surface area contributed by atoms with Crippen LogP contribution >= 0.6 is 0 Å². The number of benzene rings is 2. The van der Waals surface area contributed by atoms with Gasteiger partial charge in [0.05, 0.1) is 18.8 Å². The minimum Gasteiger partial charge on any atom is -0.481 e. The number of allylic oxidation sites excluding steroid dienone is 1. The Balaban J connectivity index is 1.91. The van der Waals surface area contributed by atoms with Gasteiger partial charge in [-0.15, -0.1) is 0 Å². The van der Waals surface area contributed by atoms with Crippen LogP contribution in [0.4, 0.5) is 0 Å². The second kappa shape index (κ2) is 9.31. The Bertz CT molecular complexity index is 1320. The van der Waals surface area contributed by atoms with Crippen molar-refractivity contribution in [2.45, 2.75) is 13.3 Å². The van der Waals surface area contributed by atoms with Gasteiger partial charge in [-0.05, 0) is 64.1 Å². The van der Waals surface area contributed by atoms with Crippen LogP contribution in [0.15, 0.2) is 73.1 Å². The highest BCUT2D eigenvalue weighted by Crippen LogP contribution is 2.36. The number of aromatic nitrogens is 3. The van der Waals surface area contributed by atoms with Gasteiger partial charge in [-0.2, -0.15) is 5.10 Å². The second-order valence-corrected chi connectivity index (χ2v) is 7.26. The topological polar surface area (TPSA) is 88.1 Å². The van der Waals surface area contributed by atoms with E-state index in [1.165, 1.54) is 0 Å². The zero-order valence-corrected chi connectivity index (χ0v) is 17.9. The first kappa shape index (κ1) is 21.1. The molecule has 0 bridgehead atoms. The number of ether oxygens (including phenoxy) is 1. The van der Waals surface area contributed by atoms with Crippen molar-refractivity contribution < 1.29 is 14.6 Å². The Morgan fingerprint density at radius 2 is 1.84 bits per heavy atom. The number of carboxylic acids is 1. The summed E-state index contributed by atoms with van der Waals surface area (Å²) in [5, 5.41) is 17.1. The Morgan fingerprint density at radius 1 is 1.06 bits per heavy atom. The number of carboxylic acid groups (broad SMARTS) is 1. The Kier molecular flexibility index (Phi) is 6.12. The van der Waals surface area contributed by atoms with Gasteiger partial charge in [-0.3, -0.25) is 5.10 Å². The van der Waals surface area contributed by atoms with Crippen molar-refractivity contribution in [3.8, 4) is 5.88 Å². The highest BCUT2D eigenvalue weighted by molar-refractivity contribution is 6.00. The average Bonchev–Trinajstić information content (AvgIpc) is 3.29. The van der Waals surface area contributed by atoms with Gasteiger partial charge in [0.15, 0.2) is 0 Å². The van der Waals surface area contributed by atoms with Crippen LogP contribution < -0.4 is 4.74 Å². The number of pyridine rings is 1. The summed E-state index contributed by atoms with van der Waals surface area (Å²) in [6.07, 6.45) is 7.09. The molecule has 2 heterocycles. The zero-order valence-electron chi connectivity index (χ0n) is 17.9. The first-order valence-corrected chi connectivity index (χ1v) is 10.3. The van der Waals surface area contributed by atoms with Crippen molar-refractivity contribution in [1.82, 2.24) is 15.2 Å². The average molecular weight is 425 g/mol. The molecule has 160 valence electrons. The molecule has 4 rings (SSSR count). The molecule has 0 amide bonds. The number of rotatable bonds is 7. The Morgan fingerprint density at radius 3 is 2.56 bits per heavy atom. The van der Waals surface area contributed by atoms with Crippen LogP contribution in [-0.2, 0) is 4.79 Å². The van der Waals surface area contributed by atoms with Crippen molar-refractivity contribution in [3.63, 3.8) is 0 Å². The molecular formula is C26H23N3O3. The second-order valence-electron chi connectivity index (χ2n) is 7.26. The van der Waals surface area contributed by atoms with E-state index < -0.39 is 5.97 Å². The molecule has 32 heavy (non-hydrogen) atoms. The monoisotopic (exact) mass is 425 g/mol. The number of methoxy groups -OCH3 is 1. The molecule has 0 fully saturated rings. The van der Waals surface area contributed by atoms with E-state index in [1.807, 2.05) is 48.7 Å². The van der Waals surface area contributed by atoms with E-state index >= 15 is 0 Å². The van der Waals surface area contributed by atoms with Gasteiger partial charge in [0, 0.05) is 23.7 Å². The van der Waals surface area contributed by atoms with E-state index in [0.717, 1.165) is 56.8 Å². The molecule has 6 nitrogen and oxygen atoms in total. The maximum absolute atomic E-state index is 10.8. The molecule has 0 aliphatic heterocycles. The van der Waals surface area contributed by atoms with Gasteiger partial charge in [0.25, 0.3) is 0 Å². The van der Waals surface area contributed by atoms with Crippen molar-refractivity contribution >= 4 is 34.1 Å². The molecule has 2 N–H and O–H groups in total. The van der Waals surface area contributed by atoms with Crippen molar-refractivity contribution in [1.29, 1.82) is 0 Å². The first-order chi connectivity index (χ1) is 15.6. The lowest BCUT2D eigenvalue weighted by molar-refractivity contribution is -0.131. The molecule has 2 aromatic heterocycles. The molecule has 0 unspecified atom stereocenters. The van der Waals surface area contributed by atoms with Crippen LogP contribution in [0.5, 0.6) is 5.88 Å². The van der Waals surface area contributed by atoms with Crippen molar-refractivity contribution in [3.05, 3.63) is 95.3 Å². The standard InChI is InChI=1S/C26H23N3O3/c1-3-22(19-12-13-27-24(15-19)32-2)26(20-9-10-23-21(14-20)16-28-29-23)18-7-4-17(5-8-18)6-11-25(30)31/h4-16H,3H2,1-2H3,(H,28,29)(H,30,31). The largest absolute Gasteiger partial charge is 0.481 e. The molecule has 6 heteroatoms. The summed E-state index contributed by atoms with van der Waals surface area (Å²) in [4.78, 5) is 15.1. The summed E-state index contributed by atoms with van der Waals surface area (Å²) >= 11 is 0. The maximum Gasteiger partial charge on any atom is 0.328 e. The van der Waals surface area contributed by atoms with Crippen LogP contribution in [0, 0.1) is 0 Å². The summed E-state index contributed by atoms with van der Waals surface area (Å²) < 4.78 is 5.35. The van der Waals surface area contributed by atoms with Crippen LogP contribution in [0.1, 0.15) is 35.6 Å². The van der Waals surface area contributed by atoms with E-state index in [2.05, 4.69) is 34.2 Å². The quantitative estimate of drug-likeness (QED) is 0.385. The number of hydrogen-bond donors (Lipinski definition) is 2. The van der Waals surface area contributed by atoms with E-state index in [4.69, 9.17) is 9.84 Å². The number of hydrogen-bond acceptors (Lipinski definition) is 4. The molecule has 0 spiro atoms. The lowest BCUT2D eigenvalue weighted by Crippen LogP contribution is -1.97.